The predicted molar refractivity (Wildman–Crippen MR) is 45.3 cm³/mol. The summed E-state index contributed by atoms with van der Waals surface area (Å²) in [6, 6.07) is 0. The molecule has 0 aromatic rings. The molecule has 1 nitrogen and oxygen atoms in total. The van der Waals surface area contributed by atoms with Gasteiger partial charge >= 0.3 is 0 Å². The van der Waals surface area contributed by atoms with Gasteiger partial charge in [-0.3, -0.25) is 0 Å². The van der Waals surface area contributed by atoms with Crippen LogP contribution in [0.3, 0.4) is 0 Å². The smallest absolute Gasteiger partial charge is 0.103 e. The Morgan fingerprint density at radius 3 is 2.50 bits per heavy atom. The molecule has 0 saturated heterocycles. The van der Waals surface area contributed by atoms with E-state index in [0.717, 1.165) is 11.8 Å². The van der Waals surface area contributed by atoms with Crippen LogP contribution < -0.4 is 5.73 Å². The highest BCUT2D eigenvalue weighted by Crippen LogP contribution is 2.27. The minimum atomic E-state index is 0. The molecule has 1 aliphatic rings. The van der Waals surface area contributed by atoms with Gasteiger partial charge in [0.1, 0.15) is 5.70 Å². The second-order valence-corrected chi connectivity index (χ2v) is 3.05. The van der Waals surface area contributed by atoms with Crippen molar-refractivity contribution < 1.29 is 5.73 Å². The molecule has 0 spiro atoms. The zero-order valence-electron chi connectivity index (χ0n) is 6.35. The Bertz CT molecular complexity index is 127. The van der Waals surface area contributed by atoms with Crippen molar-refractivity contribution in [3.8, 4) is 0 Å². The van der Waals surface area contributed by atoms with Gasteiger partial charge in [0.05, 0.1) is 0 Å². The van der Waals surface area contributed by atoms with Crippen LogP contribution in [0, 0.1) is 11.8 Å². The van der Waals surface area contributed by atoms with Crippen LogP contribution in [0.5, 0.6) is 0 Å². The van der Waals surface area contributed by atoms with Crippen molar-refractivity contribution in [3.05, 3.63) is 11.8 Å². The second-order valence-electron chi connectivity index (χ2n) is 3.05. The van der Waals surface area contributed by atoms with E-state index in [-0.39, 0.29) is 7.43 Å². The normalized spacial score (nSPS) is 31.3. The van der Waals surface area contributed by atoms with Crippen molar-refractivity contribution in [2.45, 2.75) is 34.1 Å². The van der Waals surface area contributed by atoms with Crippen LogP contribution in [0.4, 0.5) is 0 Å². The van der Waals surface area contributed by atoms with Gasteiger partial charge < -0.3 is 5.73 Å². The minimum Gasteiger partial charge on any atom is -0.329 e. The first-order chi connectivity index (χ1) is 4.24. The maximum absolute atomic E-state index is 3.98. The lowest BCUT2D eigenvalue weighted by molar-refractivity contribution is -0.312. The highest BCUT2D eigenvalue weighted by atomic mass is 14.6. The third-order valence-corrected chi connectivity index (χ3v) is 2.26. The van der Waals surface area contributed by atoms with Gasteiger partial charge in [0.2, 0.25) is 0 Å². The van der Waals surface area contributed by atoms with E-state index in [4.69, 9.17) is 0 Å². The molecule has 0 aromatic carbocycles. The van der Waals surface area contributed by atoms with E-state index in [1.54, 1.807) is 0 Å². The Balaban J connectivity index is 0.000000810. The van der Waals surface area contributed by atoms with E-state index in [0.29, 0.717) is 0 Å². The van der Waals surface area contributed by atoms with Crippen LogP contribution in [0.2, 0.25) is 0 Å². The third-order valence-electron chi connectivity index (χ3n) is 2.26. The van der Waals surface area contributed by atoms with E-state index in [1.807, 2.05) is 0 Å². The fraction of sp³-hybridized carbons (Fsp3) is 0.778. The van der Waals surface area contributed by atoms with Gasteiger partial charge in [-0.1, -0.05) is 21.3 Å². The maximum atomic E-state index is 3.98. The van der Waals surface area contributed by atoms with Gasteiger partial charge in [-0.05, 0) is 24.8 Å². The molecule has 0 heterocycles. The molecule has 3 N–H and O–H groups in total. The van der Waals surface area contributed by atoms with Crippen molar-refractivity contribution in [2.75, 3.05) is 0 Å². The summed E-state index contributed by atoms with van der Waals surface area (Å²) in [7, 11) is 0. The summed E-state index contributed by atoms with van der Waals surface area (Å²) in [5, 5.41) is 0. The molecule has 0 aliphatic heterocycles. The minimum absolute atomic E-state index is 0. The molecule has 60 valence electrons. The van der Waals surface area contributed by atoms with Gasteiger partial charge in [0.25, 0.3) is 0 Å². The van der Waals surface area contributed by atoms with Gasteiger partial charge in [0.15, 0.2) is 0 Å². The molecule has 1 heteroatoms. The summed E-state index contributed by atoms with van der Waals surface area (Å²) in [5.74, 6) is 1.57. The molecule has 0 aromatic heterocycles. The van der Waals surface area contributed by atoms with Gasteiger partial charge in [0, 0.05) is 5.92 Å². The van der Waals surface area contributed by atoms with Crippen LogP contribution in [0.15, 0.2) is 11.8 Å². The van der Waals surface area contributed by atoms with Crippen LogP contribution in [-0.2, 0) is 0 Å². The number of hydrogen-bond acceptors (Lipinski definition) is 0. The fourth-order valence-corrected chi connectivity index (χ4v) is 1.43. The maximum Gasteiger partial charge on any atom is 0.103 e. The van der Waals surface area contributed by atoms with E-state index >= 15 is 0 Å². The molecule has 0 bridgehead atoms. The third kappa shape index (κ3) is 1.84. The summed E-state index contributed by atoms with van der Waals surface area (Å²) < 4.78 is 0. The van der Waals surface area contributed by atoms with Gasteiger partial charge in [-0.15, -0.1) is 0 Å². The first-order valence-corrected chi connectivity index (χ1v) is 3.77. The van der Waals surface area contributed by atoms with Crippen LogP contribution in [0.25, 0.3) is 0 Å². The van der Waals surface area contributed by atoms with E-state index in [1.165, 1.54) is 18.5 Å². The monoisotopic (exact) mass is 142 g/mol. The lowest BCUT2D eigenvalue weighted by atomic mass is 10.0. The van der Waals surface area contributed by atoms with Gasteiger partial charge in [-0.2, -0.15) is 0 Å². The first-order valence-electron chi connectivity index (χ1n) is 3.77. The molecule has 2 unspecified atom stereocenters. The summed E-state index contributed by atoms with van der Waals surface area (Å²) in [6.07, 6.45) is 4.93. The fourth-order valence-electron chi connectivity index (χ4n) is 1.43. The van der Waals surface area contributed by atoms with Crippen molar-refractivity contribution in [2.24, 2.45) is 11.8 Å². The number of allylic oxidation sites excluding steroid dienone is 2. The standard InChI is InChI=1S/C8H15N.CH4/c1-3-7-4-6(2)8(9)5-7;/h5-7H,3-4,9H2,1-2H3;1H4/p+1. The van der Waals surface area contributed by atoms with Crippen molar-refractivity contribution in [3.63, 3.8) is 0 Å². The largest absolute Gasteiger partial charge is 0.329 e. The quantitative estimate of drug-likeness (QED) is 0.578. The summed E-state index contributed by atoms with van der Waals surface area (Å²) in [4.78, 5) is 0. The van der Waals surface area contributed by atoms with Gasteiger partial charge in [-0.25, -0.2) is 0 Å². The zero-order chi connectivity index (χ0) is 6.85. The van der Waals surface area contributed by atoms with Crippen LogP contribution in [-0.4, -0.2) is 0 Å². The van der Waals surface area contributed by atoms with Crippen molar-refractivity contribution >= 4 is 0 Å². The zero-order valence-corrected chi connectivity index (χ0v) is 6.35. The Labute approximate surface area is 64.3 Å². The van der Waals surface area contributed by atoms with Crippen molar-refractivity contribution in [1.29, 1.82) is 0 Å². The highest BCUT2D eigenvalue weighted by molar-refractivity contribution is 5.05. The number of rotatable bonds is 1. The Hall–Kier alpha value is -0.300. The summed E-state index contributed by atoms with van der Waals surface area (Å²) in [6.45, 7) is 4.50. The molecule has 1 aliphatic carbocycles. The van der Waals surface area contributed by atoms with E-state index < -0.39 is 0 Å². The predicted octanol–water partition coefficient (Wildman–Crippen LogP) is 1.81. The van der Waals surface area contributed by atoms with E-state index in [2.05, 4.69) is 25.7 Å². The Morgan fingerprint density at radius 2 is 2.30 bits per heavy atom. The molecule has 0 fully saturated rings. The second kappa shape index (κ2) is 3.77. The average molecular weight is 142 g/mol. The molecular formula is C9H20N+. The number of hydrogen-bond donors (Lipinski definition) is 1. The molecule has 0 saturated carbocycles. The lowest BCUT2D eigenvalue weighted by Gasteiger charge is -2.02. The summed E-state index contributed by atoms with van der Waals surface area (Å²) >= 11 is 0. The van der Waals surface area contributed by atoms with Crippen LogP contribution in [0.1, 0.15) is 34.1 Å². The highest BCUT2D eigenvalue weighted by Gasteiger charge is 2.21. The Morgan fingerprint density at radius 1 is 1.70 bits per heavy atom. The SMILES string of the molecule is C.CCC1C=C([NH3+])C(C)C1. The molecule has 0 radical (unpaired) electrons. The lowest BCUT2D eigenvalue weighted by Crippen LogP contribution is -2.48. The average Bonchev–Trinajstić information content (AvgIpc) is 2.13. The number of quaternary nitrogens is 1. The van der Waals surface area contributed by atoms with E-state index in [9.17, 15) is 0 Å². The molecule has 2 atom stereocenters. The topological polar surface area (TPSA) is 27.6 Å². The molecule has 1 rings (SSSR count). The summed E-state index contributed by atoms with van der Waals surface area (Å²) in [5.41, 5.74) is 5.33. The first kappa shape index (κ1) is 9.70. The van der Waals surface area contributed by atoms with Crippen molar-refractivity contribution in [1.82, 2.24) is 0 Å². The molecular weight excluding hydrogens is 122 g/mol. The Kier molecular flexibility index (Phi) is 3.66. The molecule has 0 amide bonds. The van der Waals surface area contributed by atoms with Crippen LogP contribution >= 0.6 is 0 Å². The molecule has 10 heavy (non-hydrogen) atoms.